The summed E-state index contributed by atoms with van der Waals surface area (Å²) in [4.78, 5) is 0. The molecule has 0 fully saturated rings. The molecule has 0 atom stereocenters. The molecule has 0 amide bonds. The van der Waals surface area contributed by atoms with Crippen molar-refractivity contribution in [1.82, 2.24) is 5.32 Å². The van der Waals surface area contributed by atoms with E-state index >= 15 is 0 Å². The van der Waals surface area contributed by atoms with Gasteiger partial charge in [-0.2, -0.15) is 0 Å². The summed E-state index contributed by atoms with van der Waals surface area (Å²) in [6.45, 7) is 4.39. The summed E-state index contributed by atoms with van der Waals surface area (Å²) in [5.41, 5.74) is 1.91. The van der Waals surface area contributed by atoms with E-state index in [0.29, 0.717) is 41.3 Å². The first-order valence-electron chi connectivity index (χ1n) is 8.38. The highest BCUT2D eigenvalue weighted by atomic mass is 79.9. The average molecular weight is 463 g/mol. The zero-order valence-corrected chi connectivity index (χ0v) is 17.6. The molecule has 0 aliphatic rings. The first-order chi connectivity index (χ1) is 12.5. The largest absolute Gasteiger partial charge is 0.490 e. The van der Waals surface area contributed by atoms with Crippen molar-refractivity contribution in [2.45, 2.75) is 26.5 Å². The third kappa shape index (κ3) is 6.32. The number of aliphatic hydroxyl groups is 1. The highest BCUT2D eigenvalue weighted by molar-refractivity contribution is 9.10. The number of ether oxygens (including phenoxy) is 2. The van der Waals surface area contributed by atoms with Crippen molar-refractivity contribution in [3.8, 4) is 11.5 Å². The standard InChI is InChI=1S/C19H22BrCl2NO3/c1-2-25-18-8-14(11-23-6-3-7-24)16(20)10-19(18)26-12-13-4-5-15(21)9-17(13)22/h4-5,8-10,23-24H,2-3,6-7,11-12H2,1H3. The Labute approximate surface area is 172 Å². The van der Waals surface area contributed by atoms with Gasteiger partial charge in [0.15, 0.2) is 11.5 Å². The molecule has 0 aromatic heterocycles. The van der Waals surface area contributed by atoms with Crippen molar-refractivity contribution in [2.75, 3.05) is 19.8 Å². The third-order valence-electron chi connectivity index (χ3n) is 3.64. The highest BCUT2D eigenvalue weighted by Crippen LogP contribution is 2.35. The third-order valence-corrected chi connectivity index (χ3v) is 4.96. The van der Waals surface area contributed by atoms with Crippen molar-refractivity contribution in [1.29, 1.82) is 0 Å². The molecule has 0 saturated heterocycles. The van der Waals surface area contributed by atoms with Crippen LogP contribution < -0.4 is 14.8 Å². The maximum absolute atomic E-state index is 8.85. The zero-order valence-electron chi connectivity index (χ0n) is 14.5. The van der Waals surface area contributed by atoms with E-state index in [1.165, 1.54) is 0 Å². The fourth-order valence-corrected chi connectivity index (χ4v) is 3.24. The molecule has 2 N–H and O–H groups in total. The Morgan fingerprint density at radius 3 is 2.54 bits per heavy atom. The lowest BCUT2D eigenvalue weighted by Gasteiger charge is -2.16. The van der Waals surface area contributed by atoms with Gasteiger partial charge < -0.3 is 19.9 Å². The minimum absolute atomic E-state index is 0.179. The molecule has 0 aliphatic heterocycles. The number of hydrogen-bond acceptors (Lipinski definition) is 4. The van der Waals surface area contributed by atoms with Crippen molar-refractivity contribution >= 4 is 39.1 Å². The minimum atomic E-state index is 0.179. The molecule has 0 saturated carbocycles. The number of benzene rings is 2. The van der Waals surface area contributed by atoms with Gasteiger partial charge in [-0.15, -0.1) is 0 Å². The molecular weight excluding hydrogens is 441 g/mol. The maximum Gasteiger partial charge on any atom is 0.162 e. The number of nitrogens with one attached hydrogen (secondary N) is 1. The normalized spacial score (nSPS) is 10.8. The minimum Gasteiger partial charge on any atom is -0.490 e. The van der Waals surface area contributed by atoms with E-state index in [1.54, 1.807) is 12.1 Å². The summed E-state index contributed by atoms with van der Waals surface area (Å²) in [5.74, 6) is 1.32. The second-order valence-corrected chi connectivity index (χ2v) is 7.30. The summed E-state index contributed by atoms with van der Waals surface area (Å²) in [6, 6.07) is 9.19. The summed E-state index contributed by atoms with van der Waals surface area (Å²) in [7, 11) is 0. The lowest BCUT2D eigenvalue weighted by atomic mass is 10.2. The first kappa shape index (κ1) is 21.3. The molecule has 0 unspecified atom stereocenters. The van der Waals surface area contributed by atoms with Crippen LogP contribution in [0.15, 0.2) is 34.8 Å². The SMILES string of the molecule is CCOc1cc(CNCCCO)c(Br)cc1OCc1ccc(Cl)cc1Cl. The topological polar surface area (TPSA) is 50.7 Å². The van der Waals surface area contributed by atoms with E-state index in [2.05, 4.69) is 21.2 Å². The summed E-state index contributed by atoms with van der Waals surface area (Å²) < 4.78 is 12.6. The molecule has 0 bridgehead atoms. The van der Waals surface area contributed by atoms with E-state index in [4.69, 9.17) is 37.8 Å². The van der Waals surface area contributed by atoms with Gasteiger partial charge in [-0.3, -0.25) is 0 Å². The molecule has 0 radical (unpaired) electrons. The second-order valence-electron chi connectivity index (χ2n) is 5.60. The first-order valence-corrected chi connectivity index (χ1v) is 9.93. The van der Waals surface area contributed by atoms with Crippen LogP contribution >= 0.6 is 39.1 Å². The van der Waals surface area contributed by atoms with Gasteiger partial charge in [-0.05, 0) is 49.7 Å². The van der Waals surface area contributed by atoms with Gasteiger partial charge in [-0.25, -0.2) is 0 Å². The van der Waals surface area contributed by atoms with Gasteiger partial charge in [0.1, 0.15) is 6.61 Å². The Kier molecular flexibility index (Phi) is 9.02. The van der Waals surface area contributed by atoms with Crippen LogP contribution in [0.1, 0.15) is 24.5 Å². The van der Waals surface area contributed by atoms with Crippen LogP contribution in [0.4, 0.5) is 0 Å². The monoisotopic (exact) mass is 461 g/mol. The molecule has 4 nitrogen and oxygen atoms in total. The van der Waals surface area contributed by atoms with Crippen molar-refractivity contribution in [3.63, 3.8) is 0 Å². The lowest BCUT2D eigenvalue weighted by Crippen LogP contribution is -2.16. The Hall–Kier alpha value is -0.980. The summed E-state index contributed by atoms with van der Waals surface area (Å²) in [5, 5.41) is 13.3. The van der Waals surface area contributed by atoms with Crippen LogP contribution in [0.5, 0.6) is 11.5 Å². The predicted octanol–water partition coefficient (Wildman–Crippen LogP) is 5.21. The Morgan fingerprint density at radius 1 is 1.08 bits per heavy atom. The van der Waals surface area contributed by atoms with Crippen molar-refractivity contribution in [3.05, 3.63) is 56.0 Å². The molecular formula is C19H22BrCl2NO3. The zero-order chi connectivity index (χ0) is 18.9. The molecule has 2 rings (SSSR count). The van der Waals surface area contributed by atoms with Gasteiger partial charge in [0, 0.05) is 33.2 Å². The predicted molar refractivity (Wildman–Crippen MR) is 110 cm³/mol. The second kappa shape index (κ2) is 11.0. The maximum atomic E-state index is 8.85. The molecule has 7 heteroatoms. The molecule has 0 heterocycles. The van der Waals surface area contributed by atoms with E-state index in [9.17, 15) is 0 Å². The Bertz CT molecular complexity index is 728. The van der Waals surface area contributed by atoms with Gasteiger partial charge in [0.05, 0.1) is 6.61 Å². The molecule has 2 aromatic rings. The van der Waals surface area contributed by atoms with Gasteiger partial charge >= 0.3 is 0 Å². The summed E-state index contributed by atoms with van der Waals surface area (Å²) >= 11 is 15.7. The highest BCUT2D eigenvalue weighted by Gasteiger charge is 2.12. The number of rotatable bonds is 10. The van der Waals surface area contributed by atoms with Crippen LogP contribution in [0.2, 0.25) is 10.0 Å². The molecule has 142 valence electrons. The van der Waals surface area contributed by atoms with E-state index in [-0.39, 0.29) is 6.61 Å². The van der Waals surface area contributed by atoms with Crippen LogP contribution in [0.25, 0.3) is 0 Å². The van der Waals surface area contributed by atoms with Crippen LogP contribution in [0, 0.1) is 0 Å². The molecule has 2 aromatic carbocycles. The van der Waals surface area contributed by atoms with Crippen molar-refractivity contribution < 1.29 is 14.6 Å². The fourth-order valence-electron chi connectivity index (χ4n) is 2.32. The Morgan fingerprint density at radius 2 is 1.85 bits per heavy atom. The van der Waals surface area contributed by atoms with Gasteiger partial charge in [-0.1, -0.05) is 45.2 Å². The quantitative estimate of drug-likeness (QED) is 0.476. The van der Waals surface area contributed by atoms with E-state index < -0.39 is 0 Å². The van der Waals surface area contributed by atoms with Crippen LogP contribution in [-0.2, 0) is 13.2 Å². The smallest absolute Gasteiger partial charge is 0.162 e. The molecule has 0 spiro atoms. The molecule has 0 aliphatic carbocycles. The summed E-state index contributed by atoms with van der Waals surface area (Å²) in [6.07, 6.45) is 0.721. The van der Waals surface area contributed by atoms with E-state index in [0.717, 1.165) is 28.6 Å². The lowest BCUT2D eigenvalue weighted by molar-refractivity contribution is 0.268. The van der Waals surface area contributed by atoms with Gasteiger partial charge in [0.2, 0.25) is 0 Å². The number of aliphatic hydroxyl groups excluding tert-OH is 1. The average Bonchev–Trinajstić information content (AvgIpc) is 2.61. The number of hydrogen-bond donors (Lipinski definition) is 2. The van der Waals surface area contributed by atoms with Crippen LogP contribution in [0.3, 0.4) is 0 Å². The number of halogens is 3. The van der Waals surface area contributed by atoms with E-state index in [1.807, 2.05) is 25.1 Å². The van der Waals surface area contributed by atoms with Crippen LogP contribution in [-0.4, -0.2) is 24.9 Å². The fraction of sp³-hybridized carbons (Fsp3) is 0.368. The Balaban J connectivity index is 2.12. The van der Waals surface area contributed by atoms with Gasteiger partial charge in [0.25, 0.3) is 0 Å². The van der Waals surface area contributed by atoms with Crippen molar-refractivity contribution in [2.24, 2.45) is 0 Å². The molecule has 26 heavy (non-hydrogen) atoms.